The molecule has 7 nitrogen and oxygen atoms in total. The van der Waals surface area contributed by atoms with E-state index in [0.717, 1.165) is 12.1 Å². The third-order valence-corrected chi connectivity index (χ3v) is 5.19. The quantitative estimate of drug-likeness (QED) is 0.334. The second-order valence-electron chi connectivity index (χ2n) is 7.70. The Labute approximate surface area is 192 Å². The van der Waals surface area contributed by atoms with Crippen LogP contribution in [0.5, 0.6) is 0 Å². The van der Waals surface area contributed by atoms with Crippen LogP contribution in [0.1, 0.15) is 21.6 Å². The van der Waals surface area contributed by atoms with Crippen molar-refractivity contribution in [3.63, 3.8) is 0 Å². The van der Waals surface area contributed by atoms with Crippen LogP contribution in [-0.4, -0.2) is 27.8 Å². The molecular formula is C24H20F3N5O2. The number of nitrogen functional groups attached to an aromatic ring is 1. The average Bonchev–Trinajstić information content (AvgIpc) is 3.24. The minimum atomic E-state index is -1.11. The molecule has 0 spiro atoms. The van der Waals surface area contributed by atoms with Gasteiger partial charge in [-0.2, -0.15) is 0 Å². The molecule has 4 aromatic rings. The largest absolute Gasteiger partial charge is 0.384 e. The molecule has 10 heteroatoms. The lowest BCUT2D eigenvalue weighted by Crippen LogP contribution is -2.48. The lowest BCUT2D eigenvalue weighted by atomic mass is 10.0. The number of anilines is 1. The minimum absolute atomic E-state index is 0.0936. The molecule has 0 saturated heterocycles. The Morgan fingerprint density at radius 2 is 1.76 bits per heavy atom. The van der Waals surface area contributed by atoms with E-state index in [1.54, 1.807) is 12.1 Å². The van der Waals surface area contributed by atoms with Crippen molar-refractivity contribution in [2.45, 2.75) is 19.0 Å². The number of pyridine rings is 1. The maximum Gasteiger partial charge on any atom is 0.268 e. The normalized spacial score (nSPS) is 11.9. The van der Waals surface area contributed by atoms with Crippen LogP contribution in [0.25, 0.3) is 10.9 Å². The molecule has 2 aromatic heterocycles. The van der Waals surface area contributed by atoms with Crippen LogP contribution in [-0.2, 0) is 17.8 Å². The molecule has 2 amide bonds. The van der Waals surface area contributed by atoms with E-state index < -0.39 is 35.3 Å². The molecule has 0 radical (unpaired) electrons. The summed E-state index contributed by atoms with van der Waals surface area (Å²) in [6, 6.07) is 10.9. The van der Waals surface area contributed by atoms with E-state index in [1.807, 2.05) is 0 Å². The number of carbonyl (C=O) groups excluding carboxylic acids is 2. The number of nitrogens with two attached hydrogens (primary N) is 1. The van der Waals surface area contributed by atoms with E-state index in [4.69, 9.17) is 5.73 Å². The van der Waals surface area contributed by atoms with E-state index in [0.29, 0.717) is 27.8 Å². The van der Waals surface area contributed by atoms with Crippen molar-refractivity contribution in [3.8, 4) is 0 Å². The number of aromatic nitrogens is 2. The standard InChI is InChI=1S/C24H20F3N5O2/c25-16-3-5-19-15(9-16)10-21(31-19)24(34)32-20(8-13-1-4-17(26)18(27)7-13)23(33)30-12-14-2-6-22(28)29-11-14/h1-7,9-11,20,31H,8,12H2,(H2,28,29)(H,30,33)(H,32,34)/t20-/m0/s1. The SMILES string of the molecule is Nc1ccc(CNC(=O)[C@H](Cc2ccc(F)c(F)c2)NC(=O)c2cc3cc(F)ccc3[nH]2)cn1. The Bertz CT molecular complexity index is 1350. The van der Waals surface area contributed by atoms with Gasteiger partial charge in [-0.1, -0.05) is 12.1 Å². The van der Waals surface area contributed by atoms with E-state index in [2.05, 4.69) is 20.6 Å². The third-order valence-electron chi connectivity index (χ3n) is 5.19. The number of carbonyl (C=O) groups is 2. The third kappa shape index (κ3) is 5.34. The van der Waals surface area contributed by atoms with Gasteiger partial charge in [-0.15, -0.1) is 0 Å². The molecule has 0 aliphatic carbocycles. The number of fused-ring (bicyclic) bond motifs is 1. The van der Waals surface area contributed by atoms with Gasteiger partial charge in [-0.3, -0.25) is 9.59 Å². The molecular weight excluding hydrogens is 447 g/mol. The highest BCUT2D eigenvalue weighted by Gasteiger charge is 2.23. The van der Waals surface area contributed by atoms with Crippen molar-refractivity contribution in [1.82, 2.24) is 20.6 Å². The number of benzene rings is 2. The van der Waals surface area contributed by atoms with Crippen molar-refractivity contribution < 1.29 is 22.8 Å². The van der Waals surface area contributed by atoms with Crippen LogP contribution in [0, 0.1) is 17.5 Å². The van der Waals surface area contributed by atoms with Crippen LogP contribution in [0.4, 0.5) is 19.0 Å². The molecule has 1 atom stereocenters. The molecule has 0 unspecified atom stereocenters. The molecule has 0 saturated carbocycles. The number of nitrogens with one attached hydrogen (secondary N) is 3. The fourth-order valence-electron chi connectivity index (χ4n) is 3.43. The number of aromatic amines is 1. The van der Waals surface area contributed by atoms with Crippen LogP contribution in [0.15, 0.2) is 60.8 Å². The van der Waals surface area contributed by atoms with Gasteiger partial charge in [0.1, 0.15) is 23.4 Å². The van der Waals surface area contributed by atoms with E-state index >= 15 is 0 Å². The second kappa shape index (κ2) is 9.65. The topological polar surface area (TPSA) is 113 Å². The maximum absolute atomic E-state index is 13.7. The molecule has 0 aliphatic heterocycles. The smallest absolute Gasteiger partial charge is 0.268 e. The van der Waals surface area contributed by atoms with Crippen molar-refractivity contribution in [3.05, 3.63) is 95.1 Å². The van der Waals surface area contributed by atoms with Crippen LogP contribution in [0.2, 0.25) is 0 Å². The van der Waals surface area contributed by atoms with Gasteiger partial charge >= 0.3 is 0 Å². The molecule has 34 heavy (non-hydrogen) atoms. The first-order valence-electron chi connectivity index (χ1n) is 10.3. The zero-order valence-corrected chi connectivity index (χ0v) is 17.7. The van der Waals surface area contributed by atoms with E-state index in [-0.39, 0.29) is 18.7 Å². The van der Waals surface area contributed by atoms with Crippen molar-refractivity contribution >= 4 is 28.5 Å². The van der Waals surface area contributed by atoms with Gasteiger partial charge in [0.05, 0.1) is 0 Å². The van der Waals surface area contributed by atoms with Gasteiger partial charge in [0, 0.05) is 30.1 Å². The summed E-state index contributed by atoms with van der Waals surface area (Å²) in [4.78, 5) is 32.6. The molecule has 174 valence electrons. The summed E-state index contributed by atoms with van der Waals surface area (Å²) >= 11 is 0. The predicted molar refractivity (Wildman–Crippen MR) is 120 cm³/mol. The summed E-state index contributed by atoms with van der Waals surface area (Å²) in [5.41, 5.74) is 7.21. The fourth-order valence-corrected chi connectivity index (χ4v) is 3.43. The number of hydrogen-bond acceptors (Lipinski definition) is 4. The Kier molecular flexibility index (Phi) is 6.48. The summed E-state index contributed by atoms with van der Waals surface area (Å²) in [6.07, 6.45) is 1.41. The minimum Gasteiger partial charge on any atom is -0.384 e. The highest BCUT2D eigenvalue weighted by atomic mass is 19.2. The fraction of sp³-hybridized carbons (Fsp3) is 0.125. The molecule has 0 bridgehead atoms. The van der Waals surface area contributed by atoms with Crippen LogP contribution >= 0.6 is 0 Å². The van der Waals surface area contributed by atoms with Gasteiger partial charge < -0.3 is 21.4 Å². The first-order chi connectivity index (χ1) is 16.3. The molecule has 0 fully saturated rings. The van der Waals surface area contributed by atoms with Gasteiger partial charge in [-0.05, 0) is 53.6 Å². The Hall–Kier alpha value is -4.34. The first-order valence-corrected chi connectivity index (χ1v) is 10.3. The van der Waals surface area contributed by atoms with Crippen LogP contribution in [0.3, 0.4) is 0 Å². The Balaban J connectivity index is 1.53. The van der Waals surface area contributed by atoms with Crippen LogP contribution < -0.4 is 16.4 Å². The number of amides is 2. The lowest BCUT2D eigenvalue weighted by molar-refractivity contribution is -0.123. The summed E-state index contributed by atoms with van der Waals surface area (Å²) < 4.78 is 40.5. The van der Waals surface area contributed by atoms with Gasteiger partial charge in [0.2, 0.25) is 5.91 Å². The zero-order chi connectivity index (χ0) is 24.2. The monoisotopic (exact) mass is 467 g/mol. The molecule has 5 N–H and O–H groups in total. The zero-order valence-electron chi connectivity index (χ0n) is 17.7. The van der Waals surface area contributed by atoms with Gasteiger partial charge in [-0.25, -0.2) is 18.2 Å². The Morgan fingerprint density at radius 3 is 2.50 bits per heavy atom. The number of halogens is 3. The van der Waals surface area contributed by atoms with E-state index in [9.17, 15) is 22.8 Å². The van der Waals surface area contributed by atoms with Gasteiger partial charge in [0.25, 0.3) is 5.91 Å². The number of H-pyrrole nitrogens is 1. The number of hydrogen-bond donors (Lipinski definition) is 4. The van der Waals surface area contributed by atoms with Gasteiger partial charge in [0.15, 0.2) is 11.6 Å². The van der Waals surface area contributed by atoms with Crippen molar-refractivity contribution in [1.29, 1.82) is 0 Å². The van der Waals surface area contributed by atoms with Crippen molar-refractivity contribution in [2.24, 2.45) is 0 Å². The molecule has 2 heterocycles. The average molecular weight is 467 g/mol. The summed E-state index contributed by atoms with van der Waals surface area (Å²) in [5, 5.41) is 5.79. The van der Waals surface area contributed by atoms with E-state index in [1.165, 1.54) is 36.5 Å². The summed E-state index contributed by atoms with van der Waals surface area (Å²) in [6.45, 7) is 0.113. The summed E-state index contributed by atoms with van der Waals surface area (Å²) in [7, 11) is 0. The molecule has 4 rings (SSSR count). The number of rotatable bonds is 7. The second-order valence-corrected chi connectivity index (χ2v) is 7.70. The van der Waals surface area contributed by atoms with Crippen molar-refractivity contribution in [2.75, 3.05) is 5.73 Å². The first kappa shape index (κ1) is 22.8. The highest BCUT2D eigenvalue weighted by Crippen LogP contribution is 2.17. The molecule has 0 aliphatic rings. The highest BCUT2D eigenvalue weighted by molar-refractivity contribution is 6.00. The summed E-state index contributed by atoms with van der Waals surface area (Å²) in [5.74, 6) is -3.36. The lowest BCUT2D eigenvalue weighted by Gasteiger charge is -2.18. The number of nitrogens with zero attached hydrogens (tertiary/aromatic N) is 1. The predicted octanol–water partition coefficient (Wildman–Crippen LogP) is 3.22. The molecule has 2 aromatic carbocycles. The Morgan fingerprint density at radius 1 is 0.971 bits per heavy atom. The maximum atomic E-state index is 13.7.